The van der Waals surface area contributed by atoms with Crippen LogP contribution >= 0.6 is 0 Å². The monoisotopic (exact) mass is 323 g/mol. The topological polar surface area (TPSA) is 63.7 Å². The van der Waals surface area contributed by atoms with Crippen LogP contribution in [0.4, 0.5) is 0 Å². The fourth-order valence-electron chi connectivity index (χ4n) is 3.03. The summed E-state index contributed by atoms with van der Waals surface area (Å²) in [4.78, 5) is 27.1. The highest BCUT2D eigenvalue weighted by atomic mass is 16.4. The van der Waals surface area contributed by atoms with Gasteiger partial charge < -0.3 is 13.7 Å². The maximum absolute atomic E-state index is 13.1. The van der Waals surface area contributed by atoms with E-state index in [-0.39, 0.29) is 23.6 Å². The van der Waals surface area contributed by atoms with Crippen molar-refractivity contribution in [3.63, 3.8) is 0 Å². The molecule has 0 bridgehead atoms. The number of hydrogen-bond donors (Lipinski definition) is 0. The maximum Gasteiger partial charge on any atom is 0.349 e. The zero-order valence-electron chi connectivity index (χ0n) is 13.3. The van der Waals surface area contributed by atoms with Crippen LogP contribution < -0.4 is 5.63 Å². The number of rotatable bonds is 4. The number of carbonyl (C=O) groups is 1. The van der Waals surface area contributed by atoms with Gasteiger partial charge in [0.1, 0.15) is 16.9 Å². The summed E-state index contributed by atoms with van der Waals surface area (Å²) in [5, 5.41) is 0.738. The summed E-state index contributed by atoms with van der Waals surface area (Å²) in [6.45, 7) is 1.91. The number of furan rings is 1. The molecule has 2 heterocycles. The van der Waals surface area contributed by atoms with Gasteiger partial charge in [0.05, 0.1) is 12.3 Å². The number of carbonyl (C=O) groups excluding carboxylic acids is 1. The van der Waals surface area contributed by atoms with Crippen molar-refractivity contribution in [3.8, 4) is 0 Å². The molecule has 0 saturated heterocycles. The van der Waals surface area contributed by atoms with Gasteiger partial charge in [0, 0.05) is 11.4 Å². The summed E-state index contributed by atoms with van der Waals surface area (Å²) in [6.07, 6.45) is 3.47. The number of fused-ring (bicyclic) bond motifs is 1. The van der Waals surface area contributed by atoms with Crippen molar-refractivity contribution in [2.24, 2.45) is 0 Å². The first-order valence-electron chi connectivity index (χ1n) is 8.04. The molecule has 0 N–H and O–H groups in total. The number of amides is 1. The Hall–Kier alpha value is -2.82. The summed E-state index contributed by atoms with van der Waals surface area (Å²) in [5.41, 5.74) is -0.0499. The molecule has 0 aliphatic heterocycles. The second-order valence-electron chi connectivity index (χ2n) is 6.12. The van der Waals surface area contributed by atoms with E-state index in [9.17, 15) is 9.59 Å². The van der Waals surface area contributed by atoms with Crippen LogP contribution in [0, 0.1) is 0 Å². The van der Waals surface area contributed by atoms with Gasteiger partial charge in [0.2, 0.25) is 0 Å². The van der Waals surface area contributed by atoms with E-state index in [0.29, 0.717) is 11.3 Å². The van der Waals surface area contributed by atoms with Gasteiger partial charge in [-0.2, -0.15) is 0 Å². The predicted octanol–water partition coefficient (Wildman–Crippen LogP) is 3.75. The van der Waals surface area contributed by atoms with Gasteiger partial charge in [-0.1, -0.05) is 18.2 Å². The van der Waals surface area contributed by atoms with E-state index in [1.165, 1.54) is 0 Å². The molecule has 0 radical (unpaired) electrons. The number of nitrogens with zero attached hydrogens (tertiary/aromatic N) is 1. The predicted molar refractivity (Wildman–Crippen MR) is 88.8 cm³/mol. The van der Waals surface area contributed by atoms with Gasteiger partial charge in [-0.15, -0.1) is 0 Å². The number of para-hydroxylation sites is 1. The minimum Gasteiger partial charge on any atom is -0.467 e. The van der Waals surface area contributed by atoms with Crippen molar-refractivity contribution < 1.29 is 13.6 Å². The molecule has 1 atom stereocenters. The molecule has 5 nitrogen and oxygen atoms in total. The third-order valence-electron chi connectivity index (χ3n) is 4.42. The first kappa shape index (κ1) is 14.8. The van der Waals surface area contributed by atoms with Gasteiger partial charge in [-0.25, -0.2) is 4.79 Å². The summed E-state index contributed by atoms with van der Waals surface area (Å²) in [5.74, 6) is 0.404. The van der Waals surface area contributed by atoms with E-state index in [0.717, 1.165) is 18.2 Å². The molecule has 1 aliphatic carbocycles. The molecule has 1 aromatic carbocycles. The van der Waals surface area contributed by atoms with Gasteiger partial charge >= 0.3 is 5.63 Å². The highest BCUT2D eigenvalue weighted by Crippen LogP contribution is 2.35. The van der Waals surface area contributed by atoms with Gasteiger partial charge in [0.25, 0.3) is 5.91 Å². The van der Waals surface area contributed by atoms with E-state index in [2.05, 4.69) is 0 Å². The van der Waals surface area contributed by atoms with Crippen molar-refractivity contribution in [1.82, 2.24) is 4.90 Å². The van der Waals surface area contributed by atoms with E-state index >= 15 is 0 Å². The second kappa shape index (κ2) is 5.67. The lowest BCUT2D eigenvalue weighted by Gasteiger charge is -2.27. The molecule has 2 aromatic heterocycles. The number of benzene rings is 1. The Labute approximate surface area is 138 Å². The van der Waals surface area contributed by atoms with Crippen LogP contribution in [0.5, 0.6) is 0 Å². The molecule has 1 fully saturated rings. The molecule has 0 spiro atoms. The fourth-order valence-corrected chi connectivity index (χ4v) is 3.03. The third-order valence-corrected chi connectivity index (χ3v) is 4.42. The molecule has 5 heteroatoms. The molecule has 122 valence electrons. The van der Waals surface area contributed by atoms with Gasteiger partial charge in [0.15, 0.2) is 0 Å². The van der Waals surface area contributed by atoms with Crippen LogP contribution in [-0.4, -0.2) is 16.8 Å². The zero-order chi connectivity index (χ0) is 16.7. The molecule has 1 amide bonds. The van der Waals surface area contributed by atoms with Crippen molar-refractivity contribution in [1.29, 1.82) is 0 Å². The van der Waals surface area contributed by atoms with E-state index < -0.39 is 5.63 Å². The Morgan fingerprint density at radius 3 is 2.71 bits per heavy atom. The molecule has 4 rings (SSSR count). The Kier molecular flexibility index (Phi) is 3.49. The molecular formula is C19H17NO4. The van der Waals surface area contributed by atoms with Gasteiger partial charge in [-0.3, -0.25) is 4.79 Å². The largest absolute Gasteiger partial charge is 0.467 e. The standard InChI is InChI=1S/C19H17NO4/c1-12(16-7-4-10-23-16)20(14-8-9-14)18(21)15-11-13-5-2-3-6-17(13)24-19(15)22/h2-7,10-12,14H,8-9H2,1H3/t12-/m0/s1. The maximum atomic E-state index is 13.1. The molecule has 1 aliphatic rings. The van der Waals surface area contributed by atoms with Crippen molar-refractivity contribution in [2.45, 2.75) is 31.8 Å². The zero-order valence-corrected chi connectivity index (χ0v) is 13.3. The van der Waals surface area contributed by atoms with Crippen LogP contribution in [0.3, 0.4) is 0 Å². The lowest BCUT2D eigenvalue weighted by atomic mass is 10.1. The first-order chi connectivity index (χ1) is 11.6. The quantitative estimate of drug-likeness (QED) is 0.686. The normalized spacial score (nSPS) is 15.4. The van der Waals surface area contributed by atoms with Gasteiger partial charge in [-0.05, 0) is 44.0 Å². The lowest BCUT2D eigenvalue weighted by Crippen LogP contribution is -2.37. The lowest BCUT2D eigenvalue weighted by molar-refractivity contribution is 0.0648. The van der Waals surface area contributed by atoms with E-state index in [4.69, 9.17) is 8.83 Å². The average Bonchev–Trinajstić information content (AvgIpc) is 3.25. The Bertz CT molecular complexity index is 937. The van der Waals surface area contributed by atoms with Crippen LogP contribution in [-0.2, 0) is 0 Å². The van der Waals surface area contributed by atoms with E-state index in [1.54, 1.807) is 35.4 Å². The van der Waals surface area contributed by atoms with Crippen LogP contribution in [0.15, 0.2) is 62.4 Å². The highest BCUT2D eigenvalue weighted by Gasteiger charge is 2.38. The SMILES string of the molecule is C[C@@H](c1ccco1)N(C(=O)c1cc2ccccc2oc1=O)C1CC1. The summed E-state index contributed by atoms with van der Waals surface area (Å²) < 4.78 is 10.8. The highest BCUT2D eigenvalue weighted by molar-refractivity contribution is 5.97. The minimum absolute atomic E-state index is 0.0685. The molecule has 1 saturated carbocycles. The molecular weight excluding hydrogens is 306 g/mol. The average molecular weight is 323 g/mol. The third kappa shape index (κ3) is 2.52. The van der Waals surface area contributed by atoms with Crippen LogP contribution in [0.2, 0.25) is 0 Å². The summed E-state index contributed by atoms with van der Waals surface area (Å²) >= 11 is 0. The Balaban J connectivity index is 1.75. The van der Waals surface area contributed by atoms with Crippen LogP contribution in [0.1, 0.15) is 41.9 Å². The fraction of sp³-hybridized carbons (Fsp3) is 0.263. The van der Waals surface area contributed by atoms with Crippen molar-refractivity contribution >= 4 is 16.9 Å². The minimum atomic E-state index is -0.601. The Morgan fingerprint density at radius 1 is 1.21 bits per heavy atom. The molecule has 3 aromatic rings. The van der Waals surface area contributed by atoms with E-state index in [1.807, 2.05) is 25.1 Å². The molecule has 0 unspecified atom stereocenters. The van der Waals surface area contributed by atoms with Crippen LogP contribution in [0.25, 0.3) is 11.0 Å². The summed E-state index contributed by atoms with van der Waals surface area (Å²) in [7, 11) is 0. The summed E-state index contributed by atoms with van der Waals surface area (Å²) in [6, 6.07) is 12.4. The van der Waals surface area contributed by atoms with Crippen molar-refractivity contribution in [3.05, 3.63) is 70.5 Å². The molecule has 24 heavy (non-hydrogen) atoms. The Morgan fingerprint density at radius 2 is 2.00 bits per heavy atom. The number of hydrogen-bond acceptors (Lipinski definition) is 4. The first-order valence-corrected chi connectivity index (χ1v) is 8.04. The van der Waals surface area contributed by atoms with Crippen molar-refractivity contribution in [2.75, 3.05) is 0 Å². The smallest absolute Gasteiger partial charge is 0.349 e. The second-order valence-corrected chi connectivity index (χ2v) is 6.12.